The van der Waals surface area contributed by atoms with E-state index in [2.05, 4.69) is 31.8 Å². The van der Waals surface area contributed by atoms with Crippen LogP contribution in [0, 0.1) is 0 Å². The summed E-state index contributed by atoms with van der Waals surface area (Å²) in [6, 6.07) is 4.16. The molecule has 1 N–H and O–H groups in total. The molecule has 1 fully saturated rings. The first-order valence-corrected chi connectivity index (χ1v) is 12.7. The molecule has 0 aromatic carbocycles. The third kappa shape index (κ3) is 3.79. The van der Waals surface area contributed by atoms with Crippen molar-refractivity contribution in [2.45, 2.75) is 44.7 Å². The van der Waals surface area contributed by atoms with E-state index < -0.39 is 10.0 Å². The summed E-state index contributed by atoms with van der Waals surface area (Å²) >= 11 is 6.31. The number of fused-ring (bicyclic) bond motifs is 2. The first-order valence-electron chi connectivity index (χ1n) is 10.5. The molecular weight excluding hydrogens is 436 g/mol. The second-order valence-electron chi connectivity index (χ2n) is 8.53. The molecule has 0 amide bonds. The lowest BCUT2D eigenvalue weighted by atomic mass is 9.88. The van der Waals surface area contributed by atoms with Gasteiger partial charge in [-0.15, -0.1) is 0 Å². The molecule has 0 bridgehead atoms. The van der Waals surface area contributed by atoms with Gasteiger partial charge in [0.25, 0.3) is 0 Å². The Balaban J connectivity index is 1.54. The number of halogens is 1. The zero-order valence-corrected chi connectivity index (χ0v) is 19.1. The van der Waals surface area contributed by atoms with E-state index in [0.29, 0.717) is 24.8 Å². The van der Waals surface area contributed by atoms with Crippen molar-refractivity contribution >= 4 is 38.3 Å². The largest absolute Gasteiger partial charge is 0.363 e. The minimum Gasteiger partial charge on any atom is -0.363 e. The lowest BCUT2D eigenvalue weighted by Crippen LogP contribution is -2.42. The first-order chi connectivity index (χ1) is 14.8. The quantitative estimate of drug-likeness (QED) is 0.603. The maximum Gasteiger partial charge on any atom is 0.211 e. The van der Waals surface area contributed by atoms with Gasteiger partial charge in [0.05, 0.1) is 23.3 Å². The van der Waals surface area contributed by atoms with E-state index in [1.807, 2.05) is 18.3 Å². The average Bonchev–Trinajstić information content (AvgIpc) is 3.20. The molecule has 5 heterocycles. The molecule has 2 atom stereocenters. The third-order valence-corrected chi connectivity index (χ3v) is 7.91. The minimum atomic E-state index is -3.22. The van der Waals surface area contributed by atoms with Crippen LogP contribution >= 0.6 is 11.6 Å². The Bertz CT molecular complexity index is 1240. The van der Waals surface area contributed by atoms with Crippen molar-refractivity contribution in [3.63, 3.8) is 0 Å². The number of piperidine rings is 1. The van der Waals surface area contributed by atoms with Gasteiger partial charge < -0.3 is 9.88 Å². The van der Waals surface area contributed by atoms with Gasteiger partial charge in [0, 0.05) is 55.2 Å². The Morgan fingerprint density at radius 2 is 2.13 bits per heavy atom. The molecule has 31 heavy (non-hydrogen) atoms. The standard InChI is InChI=1S/C21H25ClN6O2S/c1-13-8-17-16(11-28(13)18-9-19(22)26-21-15(18)5-6-23-21)20(25-12-24-17)14-4-3-7-27(10-14)31(2,29)30/h5-6,9,12-14H,3-4,7-8,10-11H2,1-2H3,(H,23,26)/t13-,14?/m1/s1. The van der Waals surface area contributed by atoms with Gasteiger partial charge in [-0.2, -0.15) is 0 Å². The highest BCUT2D eigenvalue weighted by atomic mass is 35.5. The topological polar surface area (TPSA) is 95.1 Å². The molecule has 2 aliphatic rings. The molecule has 0 radical (unpaired) electrons. The van der Waals surface area contributed by atoms with E-state index in [1.165, 1.54) is 6.26 Å². The highest BCUT2D eigenvalue weighted by Gasteiger charge is 2.33. The van der Waals surface area contributed by atoms with Gasteiger partial charge in [0.15, 0.2) is 0 Å². The second kappa shape index (κ2) is 7.72. The van der Waals surface area contributed by atoms with Crippen LogP contribution in [-0.2, 0) is 23.0 Å². The predicted molar refractivity (Wildman–Crippen MR) is 121 cm³/mol. The van der Waals surface area contributed by atoms with Crippen molar-refractivity contribution in [2.24, 2.45) is 0 Å². The van der Waals surface area contributed by atoms with Crippen molar-refractivity contribution in [1.82, 2.24) is 24.2 Å². The number of hydrogen-bond acceptors (Lipinski definition) is 6. The van der Waals surface area contributed by atoms with Crippen LogP contribution in [0.25, 0.3) is 11.0 Å². The van der Waals surface area contributed by atoms with Crippen LogP contribution in [0.3, 0.4) is 0 Å². The second-order valence-corrected chi connectivity index (χ2v) is 10.9. The Hall–Kier alpha value is -2.23. The number of anilines is 1. The van der Waals surface area contributed by atoms with Crippen LogP contribution in [0.2, 0.25) is 5.15 Å². The SMILES string of the molecule is C[C@@H]1Cc2ncnc(C3CCCN(S(C)(=O)=O)C3)c2CN1c1cc(Cl)nc2[nH]ccc12. The highest BCUT2D eigenvalue weighted by molar-refractivity contribution is 7.88. The lowest BCUT2D eigenvalue weighted by molar-refractivity contribution is 0.312. The van der Waals surface area contributed by atoms with E-state index in [9.17, 15) is 8.42 Å². The number of hydrogen-bond donors (Lipinski definition) is 1. The number of aromatic amines is 1. The summed E-state index contributed by atoms with van der Waals surface area (Å²) in [7, 11) is -3.22. The van der Waals surface area contributed by atoms with Crippen LogP contribution in [0.15, 0.2) is 24.7 Å². The van der Waals surface area contributed by atoms with Crippen LogP contribution in [0.4, 0.5) is 5.69 Å². The summed E-state index contributed by atoms with van der Waals surface area (Å²) < 4.78 is 25.8. The number of rotatable bonds is 3. The number of pyridine rings is 1. The lowest BCUT2D eigenvalue weighted by Gasteiger charge is -2.38. The van der Waals surface area contributed by atoms with Crippen molar-refractivity contribution in [2.75, 3.05) is 24.2 Å². The molecule has 1 saturated heterocycles. The van der Waals surface area contributed by atoms with E-state index in [4.69, 9.17) is 11.6 Å². The molecule has 3 aromatic heterocycles. The summed E-state index contributed by atoms with van der Waals surface area (Å²) in [4.78, 5) is 19.1. The molecule has 1 unspecified atom stereocenters. The molecule has 3 aromatic rings. The maximum atomic E-state index is 12.1. The normalized spacial score (nSPS) is 22.6. The fraction of sp³-hybridized carbons (Fsp3) is 0.476. The van der Waals surface area contributed by atoms with Gasteiger partial charge in [-0.3, -0.25) is 0 Å². The summed E-state index contributed by atoms with van der Waals surface area (Å²) in [5.41, 5.74) is 4.93. The van der Waals surface area contributed by atoms with Gasteiger partial charge in [-0.1, -0.05) is 11.6 Å². The summed E-state index contributed by atoms with van der Waals surface area (Å²) in [6.07, 6.45) is 7.33. The van der Waals surface area contributed by atoms with Gasteiger partial charge in [-0.05, 0) is 31.9 Å². The Morgan fingerprint density at radius 3 is 2.94 bits per heavy atom. The van der Waals surface area contributed by atoms with Crippen molar-refractivity contribution < 1.29 is 8.42 Å². The maximum absolute atomic E-state index is 12.1. The van der Waals surface area contributed by atoms with Gasteiger partial charge >= 0.3 is 0 Å². The van der Waals surface area contributed by atoms with Crippen LogP contribution in [0.1, 0.15) is 42.6 Å². The molecule has 8 nitrogen and oxygen atoms in total. The van der Waals surface area contributed by atoms with Gasteiger partial charge in [0.1, 0.15) is 17.1 Å². The average molecular weight is 461 g/mol. The predicted octanol–water partition coefficient (Wildman–Crippen LogP) is 3.10. The molecule has 0 spiro atoms. The smallest absolute Gasteiger partial charge is 0.211 e. The summed E-state index contributed by atoms with van der Waals surface area (Å²) in [5, 5.41) is 1.47. The third-order valence-electron chi connectivity index (χ3n) is 6.44. The van der Waals surface area contributed by atoms with Crippen LogP contribution < -0.4 is 4.90 Å². The van der Waals surface area contributed by atoms with E-state index >= 15 is 0 Å². The number of aromatic nitrogens is 4. The van der Waals surface area contributed by atoms with E-state index in [0.717, 1.165) is 52.9 Å². The van der Waals surface area contributed by atoms with E-state index in [-0.39, 0.29) is 12.0 Å². The fourth-order valence-corrected chi connectivity index (χ4v) is 6.00. The minimum absolute atomic E-state index is 0.0730. The van der Waals surface area contributed by atoms with Gasteiger partial charge in [-0.25, -0.2) is 27.7 Å². The zero-order chi connectivity index (χ0) is 21.8. The molecule has 0 aliphatic carbocycles. The number of nitrogens with one attached hydrogen (secondary N) is 1. The Kier molecular flexibility index (Phi) is 5.15. The van der Waals surface area contributed by atoms with Crippen LogP contribution in [0.5, 0.6) is 0 Å². The monoisotopic (exact) mass is 460 g/mol. The fourth-order valence-electron chi connectivity index (χ4n) is 4.90. The van der Waals surface area contributed by atoms with Crippen molar-refractivity contribution in [3.8, 4) is 0 Å². The van der Waals surface area contributed by atoms with Crippen molar-refractivity contribution in [3.05, 3.63) is 46.8 Å². The van der Waals surface area contributed by atoms with E-state index in [1.54, 1.807) is 10.6 Å². The molecule has 5 rings (SSSR count). The number of sulfonamides is 1. The number of nitrogens with zero attached hydrogens (tertiary/aromatic N) is 5. The highest BCUT2D eigenvalue weighted by Crippen LogP contribution is 2.37. The number of H-pyrrole nitrogens is 1. The van der Waals surface area contributed by atoms with Gasteiger partial charge in [0.2, 0.25) is 10.0 Å². The Morgan fingerprint density at radius 1 is 1.29 bits per heavy atom. The zero-order valence-electron chi connectivity index (χ0n) is 17.5. The molecule has 0 saturated carbocycles. The van der Waals surface area contributed by atoms with Crippen LogP contribution in [-0.4, -0.2) is 58.0 Å². The molecular formula is C21H25ClN6O2S. The Labute approximate surface area is 186 Å². The molecule has 10 heteroatoms. The van der Waals surface area contributed by atoms with Crippen molar-refractivity contribution in [1.29, 1.82) is 0 Å². The first kappa shape index (κ1) is 20.7. The summed E-state index contributed by atoms with van der Waals surface area (Å²) in [5.74, 6) is 0.0730. The molecule has 2 aliphatic heterocycles. The molecule has 164 valence electrons. The summed E-state index contributed by atoms with van der Waals surface area (Å²) in [6.45, 7) is 3.89.